The molecule has 30 heavy (non-hydrogen) atoms. The molecule has 0 spiro atoms. The lowest BCUT2D eigenvalue weighted by molar-refractivity contribution is -0.139. The van der Waals surface area contributed by atoms with Crippen LogP contribution in [0, 0.1) is 0 Å². The number of nitrogens with zero attached hydrogens (tertiary/aromatic N) is 1. The Kier molecular flexibility index (Phi) is 6.31. The molecular weight excluding hydrogens is 400 g/mol. The van der Waals surface area contributed by atoms with E-state index in [0.717, 1.165) is 30.6 Å². The first-order chi connectivity index (χ1) is 14.1. The zero-order valence-corrected chi connectivity index (χ0v) is 18.5. The van der Waals surface area contributed by atoms with E-state index >= 15 is 0 Å². The molecule has 1 aliphatic rings. The van der Waals surface area contributed by atoms with Gasteiger partial charge in [0.25, 0.3) is 0 Å². The summed E-state index contributed by atoms with van der Waals surface area (Å²) in [7, 11) is -3.25. The van der Waals surface area contributed by atoms with Gasteiger partial charge in [-0.1, -0.05) is 31.2 Å². The van der Waals surface area contributed by atoms with E-state index in [1.54, 1.807) is 31.2 Å². The Bertz CT molecular complexity index is 1020. The lowest BCUT2D eigenvalue weighted by atomic mass is 9.82. The topological polar surface area (TPSA) is 83.5 Å². The lowest BCUT2D eigenvalue weighted by Gasteiger charge is -2.37. The van der Waals surface area contributed by atoms with E-state index in [2.05, 4.69) is 5.32 Å². The van der Waals surface area contributed by atoms with Crippen LogP contribution in [0.2, 0.25) is 0 Å². The minimum Gasteiger partial charge on any atom is -0.342 e. The number of amides is 2. The quantitative estimate of drug-likeness (QED) is 0.734. The van der Waals surface area contributed by atoms with Crippen molar-refractivity contribution >= 4 is 27.3 Å². The van der Waals surface area contributed by atoms with Crippen molar-refractivity contribution in [1.82, 2.24) is 4.90 Å². The zero-order chi connectivity index (χ0) is 21.9. The molecule has 0 atom stereocenters. The van der Waals surface area contributed by atoms with E-state index in [-0.39, 0.29) is 28.9 Å². The second kappa shape index (κ2) is 8.60. The van der Waals surface area contributed by atoms with E-state index in [9.17, 15) is 18.0 Å². The van der Waals surface area contributed by atoms with Crippen molar-refractivity contribution in [2.24, 2.45) is 0 Å². The highest BCUT2D eigenvalue weighted by Crippen LogP contribution is 2.28. The molecule has 0 aliphatic carbocycles. The van der Waals surface area contributed by atoms with Crippen molar-refractivity contribution in [3.63, 3.8) is 0 Å². The minimum absolute atomic E-state index is 0.0449. The summed E-state index contributed by atoms with van der Waals surface area (Å²) in [5.41, 5.74) is 1.69. The summed E-state index contributed by atoms with van der Waals surface area (Å²) in [6, 6.07) is 13.7. The number of rotatable bonds is 7. The first kappa shape index (κ1) is 22.0. The minimum atomic E-state index is -3.25. The molecule has 0 bridgehead atoms. The average molecular weight is 429 g/mol. The molecule has 1 fully saturated rings. The van der Waals surface area contributed by atoms with E-state index in [4.69, 9.17) is 0 Å². The van der Waals surface area contributed by atoms with Crippen LogP contribution in [0.1, 0.15) is 38.3 Å². The molecule has 1 N–H and O–H groups in total. The maximum absolute atomic E-state index is 12.6. The number of nitrogens with one attached hydrogen (secondary N) is 1. The molecule has 1 aliphatic heterocycles. The third-order valence-corrected chi connectivity index (χ3v) is 7.35. The van der Waals surface area contributed by atoms with Crippen LogP contribution >= 0.6 is 0 Å². The Balaban J connectivity index is 1.61. The first-order valence-electron chi connectivity index (χ1n) is 10.1. The Hall–Kier alpha value is -2.67. The summed E-state index contributed by atoms with van der Waals surface area (Å²) >= 11 is 0. The molecule has 3 rings (SSSR count). The van der Waals surface area contributed by atoms with Gasteiger partial charge in [0.1, 0.15) is 0 Å². The Morgan fingerprint density at radius 2 is 1.60 bits per heavy atom. The van der Waals surface area contributed by atoms with Gasteiger partial charge >= 0.3 is 0 Å². The van der Waals surface area contributed by atoms with Crippen LogP contribution in [0.3, 0.4) is 0 Å². The van der Waals surface area contributed by atoms with Gasteiger partial charge in [0.05, 0.1) is 22.5 Å². The van der Waals surface area contributed by atoms with Crippen LogP contribution < -0.4 is 5.32 Å². The van der Waals surface area contributed by atoms with E-state index in [1.165, 1.54) is 12.1 Å². The first-order valence-corrected chi connectivity index (χ1v) is 11.8. The summed E-state index contributed by atoms with van der Waals surface area (Å²) in [5.74, 6) is -0.0210. The van der Waals surface area contributed by atoms with Gasteiger partial charge in [0.15, 0.2) is 9.84 Å². The molecule has 160 valence electrons. The fraction of sp³-hybridized carbons (Fsp3) is 0.391. The number of sulfone groups is 1. The highest BCUT2D eigenvalue weighted by Gasteiger charge is 2.35. The van der Waals surface area contributed by atoms with Crippen LogP contribution in [0.15, 0.2) is 53.4 Å². The maximum atomic E-state index is 12.6. The largest absolute Gasteiger partial charge is 0.342 e. The molecule has 0 unspecified atom stereocenters. The molecule has 1 heterocycles. The highest BCUT2D eigenvalue weighted by atomic mass is 32.2. The van der Waals surface area contributed by atoms with Crippen LogP contribution in [-0.4, -0.2) is 44.0 Å². The Morgan fingerprint density at radius 3 is 2.10 bits per heavy atom. The fourth-order valence-electron chi connectivity index (χ4n) is 3.38. The fourth-order valence-corrected chi connectivity index (χ4v) is 4.26. The molecular formula is C23H28N2O4S. The van der Waals surface area contributed by atoms with Crippen LogP contribution in [0.25, 0.3) is 0 Å². The molecule has 0 radical (unpaired) electrons. The zero-order valence-electron chi connectivity index (χ0n) is 17.6. The number of likely N-dealkylation sites (tertiary alicyclic amines) is 1. The van der Waals surface area contributed by atoms with Gasteiger partial charge in [-0.15, -0.1) is 0 Å². The monoisotopic (exact) mass is 428 g/mol. The summed E-state index contributed by atoms with van der Waals surface area (Å²) < 4.78 is 23.7. The predicted molar refractivity (Wildman–Crippen MR) is 117 cm³/mol. The van der Waals surface area contributed by atoms with Gasteiger partial charge in [0.2, 0.25) is 11.8 Å². The van der Waals surface area contributed by atoms with Gasteiger partial charge in [-0.2, -0.15) is 0 Å². The normalized spacial score (nSPS) is 14.2. The van der Waals surface area contributed by atoms with Gasteiger partial charge in [-0.25, -0.2) is 8.42 Å². The molecule has 6 nitrogen and oxygen atoms in total. The molecule has 7 heteroatoms. The van der Waals surface area contributed by atoms with Crippen molar-refractivity contribution in [2.45, 2.75) is 43.9 Å². The summed E-state index contributed by atoms with van der Waals surface area (Å²) in [6.45, 7) is 7.08. The van der Waals surface area contributed by atoms with Crippen LogP contribution in [0.5, 0.6) is 0 Å². The summed E-state index contributed by atoms with van der Waals surface area (Å²) in [4.78, 5) is 27.1. The molecule has 0 aromatic heterocycles. The molecule has 1 saturated heterocycles. The second-order valence-electron chi connectivity index (χ2n) is 8.12. The molecule has 0 saturated carbocycles. The van der Waals surface area contributed by atoms with E-state index in [1.807, 2.05) is 30.9 Å². The number of carbonyl (C=O) groups excluding carboxylic acids is 2. The van der Waals surface area contributed by atoms with Crippen molar-refractivity contribution in [2.75, 3.05) is 24.2 Å². The standard InChI is InChI=1S/C23H28N2O4S/c1-4-30(28,29)20-12-6-17(7-13-20)16-21(26)24-19-10-8-18(9-11-19)23(2,3)22(27)25-14-5-15-25/h6-13H,4-5,14-16H2,1-3H3,(H,24,26). The molecule has 2 aromatic carbocycles. The van der Waals surface area contributed by atoms with Gasteiger partial charge < -0.3 is 10.2 Å². The second-order valence-corrected chi connectivity index (χ2v) is 10.4. The van der Waals surface area contributed by atoms with Crippen LogP contribution in [0.4, 0.5) is 5.69 Å². The van der Waals surface area contributed by atoms with Crippen molar-refractivity contribution < 1.29 is 18.0 Å². The number of hydrogen-bond donors (Lipinski definition) is 1. The Labute approximate surface area is 178 Å². The van der Waals surface area contributed by atoms with Crippen molar-refractivity contribution in [3.8, 4) is 0 Å². The number of carbonyl (C=O) groups is 2. The number of hydrogen-bond acceptors (Lipinski definition) is 4. The molecule has 2 amide bonds. The third-order valence-electron chi connectivity index (χ3n) is 5.60. The Morgan fingerprint density at radius 1 is 1.00 bits per heavy atom. The van der Waals surface area contributed by atoms with Gasteiger partial charge in [0, 0.05) is 18.8 Å². The van der Waals surface area contributed by atoms with Crippen LogP contribution in [-0.2, 0) is 31.3 Å². The van der Waals surface area contributed by atoms with E-state index in [0.29, 0.717) is 5.69 Å². The third kappa shape index (κ3) is 4.73. The highest BCUT2D eigenvalue weighted by molar-refractivity contribution is 7.91. The average Bonchev–Trinajstić information content (AvgIpc) is 2.67. The number of benzene rings is 2. The van der Waals surface area contributed by atoms with Crippen molar-refractivity contribution in [3.05, 3.63) is 59.7 Å². The lowest BCUT2D eigenvalue weighted by Crippen LogP contribution is -2.50. The van der Waals surface area contributed by atoms with E-state index < -0.39 is 15.3 Å². The maximum Gasteiger partial charge on any atom is 0.232 e. The SMILES string of the molecule is CCS(=O)(=O)c1ccc(CC(=O)Nc2ccc(C(C)(C)C(=O)N3CCC3)cc2)cc1. The summed E-state index contributed by atoms with van der Waals surface area (Å²) in [5, 5.41) is 2.85. The smallest absolute Gasteiger partial charge is 0.232 e. The predicted octanol–water partition coefficient (Wildman–Crippen LogP) is 3.17. The van der Waals surface area contributed by atoms with Gasteiger partial charge in [-0.3, -0.25) is 9.59 Å². The number of anilines is 1. The summed E-state index contributed by atoms with van der Waals surface area (Å²) in [6.07, 6.45) is 1.21. The van der Waals surface area contributed by atoms with Crippen molar-refractivity contribution in [1.29, 1.82) is 0 Å². The van der Waals surface area contributed by atoms with Gasteiger partial charge in [-0.05, 0) is 55.7 Å². The molecule has 2 aromatic rings.